The van der Waals surface area contributed by atoms with Crippen LogP contribution in [0.15, 0.2) is 47.6 Å². The van der Waals surface area contributed by atoms with Gasteiger partial charge in [-0.2, -0.15) is 4.68 Å². The molecule has 3 rings (SSSR count). The monoisotopic (exact) mass is 342 g/mol. The van der Waals surface area contributed by atoms with E-state index in [1.807, 2.05) is 49.4 Å². The number of tetrazole rings is 1. The fraction of sp³-hybridized carbons (Fsp3) is 0.235. The van der Waals surface area contributed by atoms with Gasteiger partial charge in [-0.05, 0) is 53.2 Å². The van der Waals surface area contributed by atoms with E-state index in [0.29, 0.717) is 5.75 Å². The largest absolute Gasteiger partial charge is 0.497 e. The molecular weight excluding hydrogens is 324 g/mol. The second kappa shape index (κ2) is 7.35. The normalized spacial score (nSPS) is 10.6. The van der Waals surface area contributed by atoms with Crippen LogP contribution in [0, 0.1) is 6.92 Å². The average molecular weight is 342 g/mol. The number of thioether (sulfide) groups is 1. The zero-order valence-electron chi connectivity index (χ0n) is 13.8. The van der Waals surface area contributed by atoms with Crippen LogP contribution in [0.1, 0.15) is 11.1 Å². The Morgan fingerprint density at radius 1 is 1.08 bits per heavy atom. The topological polar surface area (TPSA) is 62.1 Å². The molecule has 1 aromatic heterocycles. The first-order valence-electron chi connectivity index (χ1n) is 7.40. The molecule has 0 unspecified atom stereocenters. The fourth-order valence-electron chi connectivity index (χ4n) is 2.33. The molecule has 7 heteroatoms. The van der Waals surface area contributed by atoms with Crippen molar-refractivity contribution in [2.45, 2.75) is 17.8 Å². The highest BCUT2D eigenvalue weighted by atomic mass is 32.2. The lowest BCUT2D eigenvalue weighted by atomic mass is 10.2. The predicted octanol–water partition coefficient (Wildman–Crippen LogP) is 3.28. The first-order chi connectivity index (χ1) is 11.7. The second-order valence-electron chi connectivity index (χ2n) is 5.18. The Labute approximate surface area is 144 Å². The van der Waals surface area contributed by atoms with E-state index in [1.165, 1.54) is 0 Å². The predicted molar refractivity (Wildman–Crippen MR) is 93.0 cm³/mol. The van der Waals surface area contributed by atoms with Gasteiger partial charge in [-0.15, -0.1) is 5.10 Å². The minimum absolute atomic E-state index is 0.673. The van der Waals surface area contributed by atoms with Crippen molar-refractivity contribution in [3.8, 4) is 17.2 Å². The minimum Gasteiger partial charge on any atom is -0.497 e. The van der Waals surface area contributed by atoms with Crippen molar-refractivity contribution in [3.63, 3.8) is 0 Å². The van der Waals surface area contributed by atoms with Gasteiger partial charge in [0.2, 0.25) is 5.16 Å². The minimum atomic E-state index is 0.673. The van der Waals surface area contributed by atoms with E-state index in [2.05, 4.69) is 15.5 Å². The molecule has 3 aromatic rings. The molecular formula is C17H18N4O2S. The zero-order chi connectivity index (χ0) is 16.9. The fourth-order valence-corrected chi connectivity index (χ4v) is 3.20. The maximum Gasteiger partial charge on any atom is 0.214 e. The van der Waals surface area contributed by atoms with Gasteiger partial charge < -0.3 is 9.47 Å². The van der Waals surface area contributed by atoms with E-state index in [1.54, 1.807) is 30.7 Å². The number of hydrogen-bond acceptors (Lipinski definition) is 6. The quantitative estimate of drug-likeness (QED) is 0.641. The van der Waals surface area contributed by atoms with Crippen molar-refractivity contribution in [2.75, 3.05) is 14.2 Å². The van der Waals surface area contributed by atoms with Crippen LogP contribution in [-0.2, 0) is 5.75 Å². The number of aromatic nitrogens is 4. The highest BCUT2D eigenvalue weighted by Gasteiger charge is 2.12. The van der Waals surface area contributed by atoms with Crippen molar-refractivity contribution in [1.29, 1.82) is 0 Å². The van der Waals surface area contributed by atoms with E-state index in [9.17, 15) is 0 Å². The van der Waals surface area contributed by atoms with Gasteiger partial charge in [-0.25, -0.2) is 0 Å². The highest BCUT2D eigenvalue weighted by Crippen LogP contribution is 2.30. The van der Waals surface area contributed by atoms with Crippen LogP contribution >= 0.6 is 11.8 Å². The van der Waals surface area contributed by atoms with E-state index in [0.717, 1.165) is 33.5 Å². The summed E-state index contributed by atoms with van der Waals surface area (Å²) in [4.78, 5) is 0. The van der Waals surface area contributed by atoms with E-state index >= 15 is 0 Å². The molecule has 0 fully saturated rings. The summed E-state index contributed by atoms with van der Waals surface area (Å²) in [5.74, 6) is 2.29. The van der Waals surface area contributed by atoms with Gasteiger partial charge in [0, 0.05) is 11.3 Å². The zero-order valence-corrected chi connectivity index (χ0v) is 14.6. The summed E-state index contributed by atoms with van der Waals surface area (Å²) in [6.07, 6.45) is 0. The van der Waals surface area contributed by atoms with Crippen molar-refractivity contribution in [3.05, 3.63) is 53.6 Å². The van der Waals surface area contributed by atoms with Gasteiger partial charge in [0.05, 0.1) is 19.9 Å². The number of ether oxygens (including phenoxy) is 2. The van der Waals surface area contributed by atoms with Crippen LogP contribution in [0.3, 0.4) is 0 Å². The second-order valence-corrected chi connectivity index (χ2v) is 6.12. The molecule has 6 nitrogen and oxygen atoms in total. The van der Waals surface area contributed by atoms with Crippen LogP contribution < -0.4 is 9.47 Å². The molecule has 0 aliphatic rings. The molecule has 0 atom stereocenters. The molecule has 0 N–H and O–H groups in total. The van der Waals surface area contributed by atoms with Crippen molar-refractivity contribution in [1.82, 2.24) is 20.2 Å². The lowest BCUT2D eigenvalue weighted by Crippen LogP contribution is -2.00. The van der Waals surface area contributed by atoms with Gasteiger partial charge >= 0.3 is 0 Å². The number of rotatable bonds is 6. The molecule has 0 spiro atoms. The molecule has 2 aromatic carbocycles. The van der Waals surface area contributed by atoms with Crippen LogP contribution in [0.2, 0.25) is 0 Å². The standard InChI is InChI=1S/C17H18N4O2S/c1-12-5-4-6-14(9-12)21-17(18-19-20-21)24-11-13-10-15(22-2)7-8-16(13)23-3/h4-10H,11H2,1-3H3. The average Bonchev–Trinajstić information content (AvgIpc) is 3.08. The lowest BCUT2D eigenvalue weighted by Gasteiger charge is -2.10. The number of aryl methyl sites for hydroxylation is 1. The van der Waals surface area contributed by atoms with Crippen molar-refractivity contribution < 1.29 is 9.47 Å². The molecule has 1 heterocycles. The van der Waals surface area contributed by atoms with Crippen LogP contribution in [0.4, 0.5) is 0 Å². The first kappa shape index (κ1) is 16.3. The Bertz CT molecular complexity index is 835. The third-order valence-electron chi connectivity index (χ3n) is 3.53. The summed E-state index contributed by atoms with van der Waals surface area (Å²) in [5.41, 5.74) is 3.13. The third-order valence-corrected chi connectivity index (χ3v) is 4.50. The van der Waals surface area contributed by atoms with Crippen molar-refractivity contribution in [2.24, 2.45) is 0 Å². The first-order valence-corrected chi connectivity index (χ1v) is 8.39. The maximum atomic E-state index is 5.42. The van der Waals surface area contributed by atoms with Gasteiger partial charge in [-0.3, -0.25) is 0 Å². The SMILES string of the molecule is COc1ccc(OC)c(CSc2nnnn2-c2cccc(C)c2)c1. The Morgan fingerprint density at radius 3 is 2.71 bits per heavy atom. The van der Waals surface area contributed by atoms with Gasteiger partial charge in [0.25, 0.3) is 0 Å². The summed E-state index contributed by atoms with van der Waals surface area (Å²) in [7, 11) is 3.31. The van der Waals surface area contributed by atoms with Crippen LogP contribution in [-0.4, -0.2) is 34.4 Å². The Morgan fingerprint density at radius 2 is 1.96 bits per heavy atom. The highest BCUT2D eigenvalue weighted by molar-refractivity contribution is 7.98. The van der Waals surface area contributed by atoms with E-state index in [-0.39, 0.29) is 0 Å². The molecule has 0 bridgehead atoms. The third kappa shape index (κ3) is 3.51. The summed E-state index contributed by atoms with van der Waals surface area (Å²) in [6, 6.07) is 13.8. The molecule has 0 saturated carbocycles. The molecule has 0 aliphatic heterocycles. The van der Waals surface area contributed by atoms with Gasteiger partial charge in [-0.1, -0.05) is 23.9 Å². The Hall–Kier alpha value is -2.54. The van der Waals surface area contributed by atoms with E-state index in [4.69, 9.17) is 9.47 Å². The molecule has 24 heavy (non-hydrogen) atoms. The lowest BCUT2D eigenvalue weighted by molar-refractivity contribution is 0.400. The van der Waals surface area contributed by atoms with Gasteiger partial charge in [0.15, 0.2) is 0 Å². The Balaban J connectivity index is 1.83. The number of methoxy groups -OCH3 is 2. The summed E-state index contributed by atoms with van der Waals surface area (Å²) in [6.45, 7) is 2.04. The van der Waals surface area contributed by atoms with Crippen LogP contribution in [0.25, 0.3) is 5.69 Å². The maximum absolute atomic E-state index is 5.42. The number of hydrogen-bond donors (Lipinski definition) is 0. The van der Waals surface area contributed by atoms with Crippen LogP contribution in [0.5, 0.6) is 11.5 Å². The molecule has 0 amide bonds. The number of nitrogens with zero attached hydrogens (tertiary/aromatic N) is 4. The number of benzene rings is 2. The van der Waals surface area contributed by atoms with E-state index < -0.39 is 0 Å². The van der Waals surface area contributed by atoms with Gasteiger partial charge in [0.1, 0.15) is 11.5 Å². The smallest absolute Gasteiger partial charge is 0.214 e. The molecule has 124 valence electrons. The van der Waals surface area contributed by atoms with Crippen molar-refractivity contribution >= 4 is 11.8 Å². The molecule has 0 aliphatic carbocycles. The summed E-state index contributed by atoms with van der Waals surface area (Å²) < 4.78 is 12.4. The summed E-state index contributed by atoms with van der Waals surface area (Å²) in [5, 5.41) is 12.8. The molecule has 0 saturated heterocycles. The summed E-state index contributed by atoms with van der Waals surface area (Å²) >= 11 is 1.55. The molecule has 0 radical (unpaired) electrons. The Kier molecular flexibility index (Phi) is 5.00.